The Morgan fingerprint density at radius 2 is 2.05 bits per heavy atom. The highest BCUT2D eigenvalue weighted by Gasteiger charge is 2.13. The number of imidazole rings is 1. The van der Waals surface area contributed by atoms with Gasteiger partial charge in [-0.2, -0.15) is 0 Å². The van der Waals surface area contributed by atoms with E-state index in [2.05, 4.69) is 4.98 Å². The van der Waals surface area contributed by atoms with Crippen LogP contribution in [0.25, 0.3) is 16.7 Å². The highest BCUT2D eigenvalue weighted by molar-refractivity contribution is 7.71. The summed E-state index contributed by atoms with van der Waals surface area (Å²) < 4.78 is 21.5. The second-order valence-electron chi connectivity index (χ2n) is 4.55. The highest BCUT2D eigenvalue weighted by Crippen LogP contribution is 2.26. The van der Waals surface area contributed by atoms with Crippen molar-refractivity contribution in [1.82, 2.24) is 9.55 Å². The standard InChI is InChI=1S/C15H13FN2OS/c1-9-4-3-5-12-14(9)18(15(20)17-12)13-8-10(19-2)6-7-11(13)16/h3-8H,1-2H3,(H,17,20). The molecular formula is C15H13FN2OS. The minimum Gasteiger partial charge on any atom is -0.497 e. The van der Waals surface area contributed by atoms with Crippen LogP contribution in [-0.2, 0) is 0 Å². The zero-order valence-corrected chi connectivity index (χ0v) is 11.9. The molecule has 0 aliphatic carbocycles. The van der Waals surface area contributed by atoms with E-state index in [1.807, 2.05) is 25.1 Å². The van der Waals surface area contributed by atoms with Gasteiger partial charge >= 0.3 is 0 Å². The van der Waals surface area contributed by atoms with Crippen LogP contribution in [0.4, 0.5) is 4.39 Å². The smallest absolute Gasteiger partial charge is 0.182 e. The van der Waals surface area contributed by atoms with Gasteiger partial charge in [0, 0.05) is 6.07 Å². The summed E-state index contributed by atoms with van der Waals surface area (Å²) in [6.45, 7) is 1.97. The molecule has 1 heterocycles. The molecule has 0 spiro atoms. The minimum absolute atomic E-state index is 0.342. The first-order valence-corrected chi connectivity index (χ1v) is 6.57. The number of aryl methyl sites for hydroxylation is 1. The minimum atomic E-state index is -0.342. The Hall–Kier alpha value is -2.14. The van der Waals surface area contributed by atoms with E-state index in [0.717, 1.165) is 16.6 Å². The molecule has 0 radical (unpaired) electrons. The van der Waals surface area contributed by atoms with Gasteiger partial charge in [0.1, 0.15) is 11.6 Å². The van der Waals surface area contributed by atoms with Crippen LogP contribution in [0.5, 0.6) is 5.75 Å². The largest absolute Gasteiger partial charge is 0.497 e. The molecule has 20 heavy (non-hydrogen) atoms. The van der Waals surface area contributed by atoms with Crippen molar-refractivity contribution in [3.05, 3.63) is 52.5 Å². The number of hydrogen-bond donors (Lipinski definition) is 1. The van der Waals surface area contributed by atoms with Crippen molar-refractivity contribution < 1.29 is 9.13 Å². The summed E-state index contributed by atoms with van der Waals surface area (Å²) in [7, 11) is 1.55. The average Bonchev–Trinajstić information content (AvgIpc) is 2.77. The molecule has 0 fully saturated rings. The van der Waals surface area contributed by atoms with E-state index in [-0.39, 0.29) is 5.82 Å². The Morgan fingerprint density at radius 3 is 2.80 bits per heavy atom. The van der Waals surface area contributed by atoms with E-state index in [4.69, 9.17) is 17.0 Å². The molecule has 2 aromatic carbocycles. The van der Waals surface area contributed by atoms with E-state index in [0.29, 0.717) is 16.2 Å². The SMILES string of the molecule is COc1ccc(F)c(-n2c(=S)[nH]c3cccc(C)c32)c1. The molecule has 0 aliphatic rings. The maximum Gasteiger partial charge on any atom is 0.182 e. The molecule has 102 valence electrons. The number of hydrogen-bond acceptors (Lipinski definition) is 2. The first-order valence-electron chi connectivity index (χ1n) is 6.16. The Morgan fingerprint density at radius 1 is 1.25 bits per heavy atom. The van der Waals surface area contributed by atoms with E-state index in [1.165, 1.54) is 6.07 Å². The summed E-state index contributed by atoms with van der Waals surface area (Å²) >= 11 is 5.33. The number of H-pyrrole nitrogens is 1. The van der Waals surface area contributed by atoms with Gasteiger partial charge < -0.3 is 9.72 Å². The van der Waals surface area contributed by atoms with Crippen molar-refractivity contribution in [1.29, 1.82) is 0 Å². The van der Waals surface area contributed by atoms with Gasteiger partial charge in [-0.25, -0.2) is 4.39 Å². The van der Waals surface area contributed by atoms with E-state index in [1.54, 1.807) is 23.8 Å². The summed E-state index contributed by atoms with van der Waals surface area (Å²) in [6.07, 6.45) is 0. The fourth-order valence-corrected chi connectivity index (χ4v) is 2.65. The first kappa shape index (κ1) is 12.9. The van der Waals surface area contributed by atoms with Gasteiger partial charge in [0.2, 0.25) is 0 Å². The number of ether oxygens (including phenoxy) is 1. The lowest BCUT2D eigenvalue weighted by atomic mass is 10.2. The molecule has 0 saturated heterocycles. The van der Waals surface area contributed by atoms with Crippen molar-refractivity contribution >= 4 is 23.3 Å². The van der Waals surface area contributed by atoms with Gasteiger partial charge in [-0.3, -0.25) is 4.57 Å². The molecule has 5 heteroatoms. The Labute approximate surface area is 120 Å². The summed E-state index contributed by atoms with van der Waals surface area (Å²) in [6, 6.07) is 10.4. The molecule has 3 nitrogen and oxygen atoms in total. The van der Waals surface area contributed by atoms with Crippen LogP contribution in [0.1, 0.15) is 5.56 Å². The molecular weight excluding hydrogens is 275 g/mol. The lowest BCUT2D eigenvalue weighted by Gasteiger charge is -2.09. The number of halogens is 1. The maximum atomic E-state index is 14.2. The van der Waals surface area contributed by atoms with Gasteiger partial charge in [0.15, 0.2) is 4.77 Å². The number of methoxy groups -OCH3 is 1. The number of fused-ring (bicyclic) bond motifs is 1. The van der Waals surface area contributed by atoms with Crippen molar-refractivity contribution in [2.24, 2.45) is 0 Å². The predicted octanol–water partition coefficient (Wildman–Crippen LogP) is 4.14. The van der Waals surface area contributed by atoms with Crippen LogP contribution in [-0.4, -0.2) is 16.7 Å². The number of aromatic nitrogens is 2. The Balaban J connectivity index is 2.40. The third-order valence-corrected chi connectivity index (χ3v) is 3.58. The number of nitrogens with zero attached hydrogens (tertiary/aromatic N) is 1. The van der Waals surface area contributed by atoms with Crippen molar-refractivity contribution in [3.8, 4) is 11.4 Å². The first-order chi connectivity index (χ1) is 9.61. The Bertz CT molecular complexity index is 851. The number of benzene rings is 2. The topological polar surface area (TPSA) is 29.9 Å². The molecule has 1 aromatic heterocycles. The molecule has 0 amide bonds. The molecule has 0 saturated carbocycles. The number of para-hydroxylation sites is 1. The summed E-state index contributed by atoms with van der Waals surface area (Å²) in [5.74, 6) is 0.247. The second-order valence-corrected chi connectivity index (χ2v) is 4.94. The fraction of sp³-hybridized carbons (Fsp3) is 0.133. The second kappa shape index (κ2) is 4.76. The van der Waals surface area contributed by atoms with Crippen LogP contribution in [0, 0.1) is 17.5 Å². The molecule has 0 aliphatic heterocycles. The highest BCUT2D eigenvalue weighted by atomic mass is 32.1. The van der Waals surface area contributed by atoms with Gasteiger partial charge in [-0.15, -0.1) is 0 Å². The zero-order valence-electron chi connectivity index (χ0n) is 11.1. The van der Waals surface area contributed by atoms with Gasteiger partial charge in [-0.1, -0.05) is 12.1 Å². The van der Waals surface area contributed by atoms with E-state index >= 15 is 0 Å². The summed E-state index contributed by atoms with van der Waals surface area (Å²) in [5.41, 5.74) is 3.17. The monoisotopic (exact) mass is 288 g/mol. The summed E-state index contributed by atoms with van der Waals surface area (Å²) in [5, 5.41) is 0. The summed E-state index contributed by atoms with van der Waals surface area (Å²) in [4.78, 5) is 3.10. The molecule has 0 atom stereocenters. The van der Waals surface area contributed by atoms with Gasteiger partial charge in [-0.05, 0) is 42.9 Å². The quantitative estimate of drug-likeness (QED) is 0.718. The lowest BCUT2D eigenvalue weighted by Crippen LogP contribution is -1.99. The third kappa shape index (κ3) is 1.91. The Kier molecular flexibility index (Phi) is 3.06. The van der Waals surface area contributed by atoms with E-state index < -0.39 is 0 Å². The molecule has 0 unspecified atom stereocenters. The average molecular weight is 288 g/mol. The molecule has 3 rings (SSSR count). The van der Waals surface area contributed by atoms with Gasteiger partial charge in [0.05, 0.1) is 23.8 Å². The zero-order chi connectivity index (χ0) is 14.3. The van der Waals surface area contributed by atoms with Crippen molar-refractivity contribution in [3.63, 3.8) is 0 Å². The van der Waals surface area contributed by atoms with Crippen LogP contribution < -0.4 is 4.74 Å². The lowest BCUT2D eigenvalue weighted by molar-refractivity contribution is 0.413. The molecule has 1 N–H and O–H groups in total. The number of nitrogens with one attached hydrogen (secondary N) is 1. The molecule has 0 bridgehead atoms. The van der Waals surface area contributed by atoms with Crippen LogP contribution >= 0.6 is 12.2 Å². The van der Waals surface area contributed by atoms with Crippen molar-refractivity contribution in [2.45, 2.75) is 6.92 Å². The van der Waals surface area contributed by atoms with Crippen LogP contribution in [0.2, 0.25) is 0 Å². The normalized spacial score (nSPS) is 10.9. The number of rotatable bonds is 2. The number of aromatic amines is 1. The third-order valence-electron chi connectivity index (χ3n) is 3.30. The van der Waals surface area contributed by atoms with Gasteiger partial charge in [0.25, 0.3) is 0 Å². The van der Waals surface area contributed by atoms with Crippen LogP contribution in [0.15, 0.2) is 36.4 Å². The fourth-order valence-electron chi connectivity index (χ4n) is 2.35. The predicted molar refractivity (Wildman–Crippen MR) is 79.7 cm³/mol. The molecule has 3 aromatic rings. The van der Waals surface area contributed by atoms with E-state index in [9.17, 15) is 4.39 Å². The van der Waals surface area contributed by atoms with Crippen LogP contribution in [0.3, 0.4) is 0 Å². The maximum absolute atomic E-state index is 14.2. The van der Waals surface area contributed by atoms with Crippen molar-refractivity contribution in [2.75, 3.05) is 7.11 Å².